The van der Waals surface area contributed by atoms with Crippen LogP contribution in [0, 0.1) is 46.3 Å². The highest BCUT2D eigenvalue weighted by Crippen LogP contribution is 2.68. The minimum absolute atomic E-state index is 0.0489. The molecule has 0 radical (unpaired) electrons. The van der Waals surface area contributed by atoms with Crippen LogP contribution in [0.15, 0.2) is 84.4 Å². The lowest BCUT2D eigenvalue weighted by Crippen LogP contribution is -2.70. The third-order valence-electron chi connectivity index (χ3n) is 26.8. The number of carbonyl (C=O) groups excluding carboxylic acids is 3. The van der Waals surface area contributed by atoms with Gasteiger partial charge in [-0.3, -0.25) is 19.3 Å². The van der Waals surface area contributed by atoms with E-state index in [0.29, 0.717) is 65.3 Å². The zero-order valence-electron chi connectivity index (χ0n) is 51.1. The first-order valence-electron chi connectivity index (χ1n) is 34.5. The maximum Gasteiger partial charge on any atom is 0.226 e. The molecule has 12 saturated carbocycles. The zero-order valence-corrected chi connectivity index (χ0v) is 51.1. The van der Waals surface area contributed by atoms with Crippen LogP contribution in [0.3, 0.4) is 0 Å². The van der Waals surface area contributed by atoms with E-state index in [0.717, 1.165) is 167 Å². The monoisotopic (exact) mass is 1140 g/mol. The van der Waals surface area contributed by atoms with Crippen LogP contribution in [-0.4, -0.2) is 77.5 Å². The van der Waals surface area contributed by atoms with Crippen LogP contribution in [0.25, 0.3) is 5.57 Å². The summed E-state index contributed by atoms with van der Waals surface area (Å²) in [5.41, 5.74) is 28.9. The Labute approximate surface area is 502 Å². The van der Waals surface area contributed by atoms with Gasteiger partial charge in [0.25, 0.3) is 0 Å². The van der Waals surface area contributed by atoms with Crippen molar-refractivity contribution < 1.29 is 14.4 Å². The van der Waals surface area contributed by atoms with Gasteiger partial charge in [0, 0.05) is 60.8 Å². The summed E-state index contributed by atoms with van der Waals surface area (Å²) < 4.78 is 0. The van der Waals surface area contributed by atoms with E-state index in [1.54, 1.807) is 5.57 Å². The highest BCUT2D eigenvalue weighted by atomic mass is 16.2. The molecule has 2 aliphatic heterocycles. The molecule has 14 aliphatic rings. The molecule has 10 unspecified atom stereocenters. The Morgan fingerprint density at radius 1 is 0.536 bits per heavy atom. The number of nitrogens with one attached hydrogen (secondary N) is 3. The third kappa shape index (κ3) is 9.81. The Morgan fingerprint density at radius 2 is 1.04 bits per heavy atom. The summed E-state index contributed by atoms with van der Waals surface area (Å²) in [4.78, 5) is 46.6. The van der Waals surface area contributed by atoms with Crippen molar-refractivity contribution in [3.63, 3.8) is 0 Å². The van der Waals surface area contributed by atoms with Gasteiger partial charge in [0.15, 0.2) is 0 Å². The number of amides is 3. The Balaban J connectivity index is 0.669. The van der Waals surface area contributed by atoms with Crippen molar-refractivity contribution in [2.45, 2.75) is 264 Å². The van der Waals surface area contributed by atoms with Gasteiger partial charge in [-0.25, -0.2) is 0 Å². The number of hydrogen-bond acceptors (Lipinski definition) is 7. The molecule has 12 aliphatic carbocycles. The summed E-state index contributed by atoms with van der Waals surface area (Å²) in [5, 5.41) is 10.8. The SMILES string of the molecule is C/C(=C1/C2CC(C(=O)N[C@H]3CC[C@H](N)CC3)C3CCC(c4ccc(C(C)CN5C6CC7(C(=O)N[C@H]8CC[C@H](N)CC8)CC5CC(c5ccccc5)(C6)C7)cc4)(C2)CC13)c1ccc(C23CC4CC(CC(C(=O)N[C@H]5CC[C@H](N)CC5)(C4)C2)C3)cc1. The van der Waals surface area contributed by atoms with Gasteiger partial charge in [0.2, 0.25) is 17.7 Å². The van der Waals surface area contributed by atoms with Gasteiger partial charge in [-0.2, -0.15) is 0 Å². The summed E-state index contributed by atoms with van der Waals surface area (Å²) in [7, 11) is 0. The topological polar surface area (TPSA) is 169 Å². The molecular formula is C74H101N7O3. The number of fused-ring (bicyclic) bond motifs is 2. The van der Waals surface area contributed by atoms with Gasteiger partial charge in [-0.1, -0.05) is 91.4 Å². The standard InChI is InChI=1S/C74H101N7O3/c1-45(42-81-61-37-72(52-6-4-3-5-7-52)38-62(81)40-74(39-61,44-72)69(84)80-60-26-20-57(77)21-27-60)49-8-12-53(13-9-49)70-29-28-63-64(67(82)78-58-22-16-55(75)17-23-58)31-51(36-70)66(65(63)41-70)46(2)50-10-14-54(15-11-50)71-32-47-30-48(33-71)35-73(34-47,43-71)68(83)79-59-24-18-56(76)19-25-59/h3-15,45,47-48,51,55-65H,16-44,75-77H2,1-2H3,(H,78,82)(H,79,83)(H,80,84)/b66-46+/t45?,47?,48?,51?,55-,56-,57-,58-,59-,60-,61?,62?,63?,64?,65?,70?,71?,72?,73?,74?. The van der Waals surface area contributed by atoms with Gasteiger partial charge in [0.05, 0.1) is 10.8 Å². The molecule has 3 aromatic rings. The van der Waals surface area contributed by atoms with E-state index in [9.17, 15) is 14.4 Å². The van der Waals surface area contributed by atoms with Crippen LogP contribution in [0.2, 0.25) is 0 Å². The molecule has 84 heavy (non-hydrogen) atoms. The molecule has 0 spiro atoms. The summed E-state index contributed by atoms with van der Waals surface area (Å²) in [5.74, 6) is 3.73. The van der Waals surface area contributed by atoms with E-state index in [4.69, 9.17) is 17.2 Å². The van der Waals surface area contributed by atoms with Gasteiger partial charge >= 0.3 is 0 Å². The number of hydrogen-bond donors (Lipinski definition) is 6. The van der Waals surface area contributed by atoms with Crippen LogP contribution in [-0.2, 0) is 30.6 Å². The Hall–Kier alpha value is -4.35. The molecule has 10 heteroatoms. The summed E-state index contributed by atoms with van der Waals surface area (Å²) in [6, 6.07) is 33.5. The first-order chi connectivity index (χ1) is 40.6. The summed E-state index contributed by atoms with van der Waals surface area (Å²) in [6.07, 6.45) is 29.4. The average molecular weight is 1140 g/mol. The molecular weight excluding hydrogens is 1030 g/mol. The number of carbonyl (C=O) groups is 3. The van der Waals surface area contributed by atoms with Gasteiger partial charge in [0.1, 0.15) is 0 Å². The van der Waals surface area contributed by atoms with Crippen molar-refractivity contribution in [2.24, 2.45) is 63.5 Å². The highest BCUT2D eigenvalue weighted by molar-refractivity contribution is 5.85. The molecule has 9 N–H and O–H groups in total. The Bertz CT molecular complexity index is 2950. The minimum atomic E-state index is -0.310. The number of nitrogens with zero attached hydrogens (tertiary/aromatic N) is 1. The van der Waals surface area contributed by atoms with Crippen LogP contribution in [0.5, 0.6) is 0 Å². The van der Waals surface area contributed by atoms with Crippen molar-refractivity contribution in [2.75, 3.05) is 6.54 Å². The first-order valence-corrected chi connectivity index (χ1v) is 34.5. The second kappa shape index (κ2) is 21.5. The quantitative estimate of drug-likeness (QED) is 0.0990. The number of allylic oxidation sites excluding steroid dienone is 2. The molecule has 17 rings (SSSR count). The lowest BCUT2D eigenvalue weighted by atomic mass is 9.42. The first kappa shape index (κ1) is 56.2. The van der Waals surface area contributed by atoms with Crippen molar-refractivity contribution in [3.05, 3.63) is 112 Å². The number of benzene rings is 3. The van der Waals surface area contributed by atoms with Crippen LogP contribution >= 0.6 is 0 Å². The zero-order chi connectivity index (χ0) is 57.3. The fourth-order valence-electron chi connectivity index (χ4n) is 23.1. The van der Waals surface area contributed by atoms with E-state index >= 15 is 0 Å². The fraction of sp³-hybridized carbons (Fsp3) is 0.689. The van der Waals surface area contributed by atoms with Gasteiger partial charge < -0.3 is 33.2 Å². The molecule has 14 fully saturated rings. The lowest BCUT2D eigenvalue weighted by molar-refractivity contribution is -0.161. The van der Waals surface area contributed by atoms with E-state index in [2.05, 4.69) is 114 Å². The molecule has 2 heterocycles. The van der Waals surface area contributed by atoms with Gasteiger partial charge in [-0.15, -0.1) is 0 Å². The highest BCUT2D eigenvalue weighted by Gasteiger charge is 2.65. The third-order valence-corrected chi connectivity index (χ3v) is 26.8. The van der Waals surface area contributed by atoms with Crippen molar-refractivity contribution in [1.29, 1.82) is 0 Å². The predicted molar refractivity (Wildman–Crippen MR) is 334 cm³/mol. The Kier molecular flexibility index (Phi) is 14.4. The van der Waals surface area contributed by atoms with Crippen LogP contribution in [0.4, 0.5) is 0 Å². The minimum Gasteiger partial charge on any atom is -0.353 e. The van der Waals surface area contributed by atoms with E-state index < -0.39 is 0 Å². The number of nitrogens with two attached hydrogens (primary N) is 3. The predicted octanol–water partition coefficient (Wildman–Crippen LogP) is 11.9. The summed E-state index contributed by atoms with van der Waals surface area (Å²) in [6.45, 7) is 5.89. The smallest absolute Gasteiger partial charge is 0.226 e. The van der Waals surface area contributed by atoms with Crippen LogP contribution in [0.1, 0.15) is 227 Å². The molecule has 3 aromatic carbocycles. The molecule has 450 valence electrons. The van der Waals surface area contributed by atoms with Crippen molar-refractivity contribution in [1.82, 2.24) is 20.9 Å². The number of piperidine rings is 2. The molecule has 10 nitrogen and oxygen atoms in total. The maximum atomic E-state index is 14.7. The molecule has 11 bridgehead atoms. The molecule has 10 atom stereocenters. The maximum absolute atomic E-state index is 14.7. The van der Waals surface area contributed by atoms with Gasteiger partial charge in [-0.05, 0) is 272 Å². The lowest BCUT2D eigenvalue weighted by Gasteiger charge is -2.66. The fourth-order valence-corrected chi connectivity index (χ4v) is 23.1. The van der Waals surface area contributed by atoms with Crippen LogP contribution < -0.4 is 33.2 Å². The second-order valence-electron chi connectivity index (χ2n) is 32.0. The average Bonchev–Trinajstić information content (AvgIpc) is 0.889. The van der Waals surface area contributed by atoms with E-state index in [-0.39, 0.29) is 69.2 Å². The molecule has 0 aromatic heterocycles. The Morgan fingerprint density at radius 3 is 1.61 bits per heavy atom. The second-order valence-corrected chi connectivity index (χ2v) is 32.0. The normalized spacial score (nSPS) is 43.6. The van der Waals surface area contributed by atoms with Crippen molar-refractivity contribution in [3.8, 4) is 0 Å². The largest absolute Gasteiger partial charge is 0.353 e. The van der Waals surface area contributed by atoms with E-state index in [1.807, 2.05) is 0 Å². The molecule has 2 saturated heterocycles. The number of rotatable bonds is 13. The summed E-state index contributed by atoms with van der Waals surface area (Å²) >= 11 is 0. The van der Waals surface area contributed by atoms with Crippen molar-refractivity contribution >= 4 is 23.3 Å². The van der Waals surface area contributed by atoms with E-state index in [1.165, 1.54) is 52.7 Å². The molecule has 3 amide bonds.